The van der Waals surface area contributed by atoms with Crippen LogP contribution in [0.25, 0.3) is 0 Å². The molecule has 0 aliphatic heterocycles. The summed E-state index contributed by atoms with van der Waals surface area (Å²) in [5.74, 6) is 0. The molecule has 0 bridgehead atoms. The molecule has 1 amide bonds. The van der Waals surface area contributed by atoms with Crippen molar-refractivity contribution in [3.63, 3.8) is 0 Å². The molecule has 0 aliphatic rings. The lowest BCUT2D eigenvalue weighted by Gasteiger charge is -2.11. The SMILES string of the molecule is CCC(C)NS(=O)(=O)NC(=O)OC. The lowest BCUT2D eigenvalue weighted by Crippen LogP contribution is -2.43. The van der Waals surface area contributed by atoms with Gasteiger partial charge in [-0.15, -0.1) is 0 Å². The van der Waals surface area contributed by atoms with Crippen LogP contribution in [0.15, 0.2) is 0 Å². The standard InChI is InChI=1S/C6H14N2O4S/c1-4-5(2)7-13(10,11)8-6(9)12-3/h5,7H,4H2,1-3H3,(H,8,9). The highest BCUT2D eigenvalue weighted by atomic mass is 32.2. The molecule has 1 atom stereocenters. The normalized spacial score (nSPS) is 13.5. The van der Waals surface area contributed by atoms with E-state index in [-0.39, 0.29) is 6.04 Å². The zero-order chi connectivity index (χ0) is 10.5. The molecule has 2 N–H and O–H groups in total. The van der Waals surface area contributed by atoms with Crippen molar-refractivity contribution in [2.45, 2.75) is 26.3 Å². The van der Waals surface area contributed by atoms with E-state index in [2.05, 4.69) is 9.46 Å². The Kier molecular flexibility index (Phi) is 4.71. The molecule has 0 spiro atoms. The molecule has 78 valence electrons. The van der Waals surface area contributed by atoms with Gasteiger partial charge >= 0.3 is 16.3 Å². The Morgan fingerprint density at radius 1 is 1.54 bits per heavy atom. The van der Waals surface area contributed by atoms with E-state index in [1.165, 1.54) is 0 Å². The fraction of sp³-hybridized carbons (Fsp3) is 0.833. The molecule has 0 heterocycles. The summed E-state index contributed by atoms with van der Waals surface area (Å²) in [4.78, 5) is 10.5. The Morgan fingerprint density at radius 3 is 2.46 bits per heavy atom. The molecule has 0 saturated carbocycles. The second-order valence-corrected chi connectivity index (χ2v) is 3.97. The Morgan fingerprint density at radius 2 is 2.08 bits per heavy atom. The van der Waals surface area contributed by atoms with E-state index in [1.54, 1.807) is 11.6 Å². The Hall–Kier alpha value is -0.820. The summed E-state index contributed by atoms with van der Waals surface area (Å²) in [5.41, 5.74) is 0. The average molecular weight is 210 g/mol. The third-order valence-electron chi connectivity index (χ3n) is 1.37. The maximum Gasteiger partial charge on any atom is 0.421 e. The van der Waals surface area contributed by atoms with Crippen LogP contribution in [0.3, 0.4) is 0 Å². The van der Waals surface area contributed by atoms with Crippen molar-refractivity contribution in [3.05, 3.63) is 0 Å². The highest BCUT2D eigenvalue weighted by molar-refractivity contribution is 7.88. The second kappa shape index (κ2) is 5.03. The van der Waals surface area contributed by atoms with E-state index in [4.69, 9.17) is 0 Å². The van der Waals surface area contributed by atoms with Gasteiger partial charge in [0.2, 0.25) is 0 Å². The van der Waals surface area contributed by atoms with Crippen LogP contribution in [-0.2, 0) is 14.9 Å². The molecule has 0 rings (SSSR count). The van der Waals surface area contributed by atoms with E-state index in [9.17, 15) is 13.2 Å². The van der Waals surface area contributed by atoms with E-state index in [0.29, 0.717) is 6.42 Å². The molecule has 0 radical (unpaired) electrons. The lowest BCUT2D eigenvalue weighted by molar-refractivity contribution is 0.177. The highest BCUT2D eigenvalue weighted by Crippen LogP contribution is 1.90. The van der Waals surface area contributed by atoms with Gasteiger partial charge in [0.1, 0.15) is 0 Å². The third-order valence-corrected chi connectivity index (χ3v) is 2.52. The van der Waals surface area contributed by atoms with Crippen LogP contribution >= 0.6 is 0 Å². The van der Waals surface area contributed by atoms with Crippen molar-refractivity contribution >= 4 is 16.3 Å². The largest absolute Gasteiger partial charge is 0.452 e. The third kappa shape index (κ3) is 5.42. The maximum absolute atomic E-state index is 11.0. The number of rotatable bonds is 4. The van der Waals surface area contributed by atoms with Crippen LogP contribution in [0.2, 0.25) is 0 Å². The van der Waals surface area contributed by atoms with E-state index >= 15 is 0 Å². The predicted molar refractivity (Wildman–Crippen MR) is 47.3 cm³/mol. The summed E-state index contributed by atoms with van der Waals surface area (Å²) in [5, 5.41) is 0. The van der Waals surface area contributed by atoms with Crippen molar-refractivity contribution in [1.29, 1.82) is 0 Å². The summed E-state index contributed by atoms with van der Waals surface area (Å²) >= 11 is 0. The Bertz CT molecular complexity index is 262. The molecule has 0 aromatic rings. The molecule has 6 nitrogen and oxygen atoms in total. The van der Waals surface area contributed by atoms with Gasteiger partial charge in [0, 0.05) is 6.04 Å². The summed E-state index contributed by atoms with van der Waals surface area (Å²) in [7, 11) is -2.69. The minimum Gasteiger partial charge on any atom is -0.452 e. The van der Waals surface area contributed by atoms with Gasteiger partial charge in [-0.3, -0.25) is 0 Å². The van der Waals surface area contributed by atoms with Crippen LogP contribution in [-0.4, -0.2) is 27.7 Å². The number of hydrogen-bond acceptors (Lipinski definition) is 4. The second-order valence-electron chi connectivity index (χ2n) is 2.52. The molecule has 0 aliphatic carbocycles. The molecule has 0 aromatic heterocycles. The fourth-order valence-electron chi connectivity index (χ4n) is 0.529. The number of methoxy groups -OCH3 is 1. The molecular weight excluding hydrogens is 196 g/mol. The topological polar surface area (TPSA) is 84.5 Å². The fourth-order valence-corrected chi connectivity index (χ4v) is 1.59. The van der Waals surface area contributed by atoms with Gasteiger partial charge in [-0.1, -0.05) is 6.92 Å². The zero-order valence-corrected chi connectivity index (χ0v) is 8.64. The number of hydrogen-bond donors (Lipinski definition) is 2. The van der Waals surface area contributed by atoms with E-state index in [1.807, 2.05) is 6.92 Å². The minimum atomic E-state index is -3.78. The molecule has 1 unspecified atom stereocenters. The van der Waals surface area contributed by atoms with Crippen molar-refractivity contribution in [2.75, 3.05) is 7.11 Å². The quantitative estimate of drug-likeness (QED) is 0.682. The van der Waals surface area contributed by atoms with Crippen LogP contribution in [0, 0.1) is 0 Å². The zero-order valence-electron chi connectivity index (χ0n) is 7.83. The molecule has 13 heavy (non-hydrogen) atoms. The molecular formula is C6H14N2O4S. The minimum absolute atomic E-state index is 0.220. The van der Waals surface area contributed by atoms with Crippen molar-refractivity contribution in [1.82, 2.24) is 9.44 Å². The van der Waals surface area contributed by atoms with Gasteiger partial charge in [-0.25, -0.2) is 9.52 Å². The van der Waals surface area contributed by atoms with Crippen LogP contribution in [0.4, 0.5) is 4.79 Å². The van der Waals surface area contributed by atoms with Crippen molar-refractivity contribution < 1.29 is 17.9 Å². The summed E-state index contributed by atoms with van der Waals surface area (Å²) in [6.07, 6.45) is -0.363. The van der Waals surface area contributed by atoms with Crippen molar-refractivity contribution in [2.24, 2.45) is 0 Å². The van der Waals surface area contributed by atoms with Gasteiger partial charge < -0.3 is 4.74 Å². The van der Waals surface area contributed by atoms with Crippen LogP contribution < -0.4 is 9.44 Å². The maximum atomic E-state index is 11.0. The van der Waals surface area contributed by atoms with Gasteiger partial charge in [-0.2, -0.15) is 13.1 Å². The first-order valence-electron chi connectivity index (χ1n) is 3.79. The van der Waals surface area contributed by atoms with Crippen LogP contribution in [0.5, 0.6) is 0 Å². The van der Waals surface area contributed by atoms with Gasteiger partial charge in [0.25, 0.3) is 0 Å². The first-order valence-corrected chi connectivity index (χ1v) is 5.27. The van der Waals surface area contributed by atoms with E-state index < -0.39 is 16.3 Å². The number of nitrogens with one attached hydrogen (secondary N) is 2. The monoisotopic (exact) mass is 210 g/mol. The van der Waals surface area contributed by atoms with E-state index in [0.717, 1.165) is 7.11 Å². The Labute approximate surface area is 77.8 Å². The molecule has 7 heteroatoms. The van der Waals surface area contributed by atoms with Crippen LogP contribution in [0.1, 0.15) is 20.3 Å². The summed E-state index contributed by atoms with van der Waals surface area (Å²) in [6.45, 7) is 3.52. The number of carbonyl (C=O) groups excluding carboxylic acids is 1. The Balaban J connectivity index is 4.17. The van der Waals surface area contributed by atoms with Gasteiger partial charge in [-0.05, 0) is 13.3 Å². The molecule has 0 saturated heterocycles. The van der Waals surface area contributed by atoms with Gasteiger partial charge in [0.05, 0.1) is 7.11 Å². The van der Waals surface area contributed by atoms with Crippen molar-refractivity contribution in [3.8, 4) is 0 Å². The molecule has 0 aromatic carbocycles. The van der Waals surface area contributed by atoms with Gasteiger partial charge in [0.15, 0.2) is 0 Å². The first-order chi connectivity index (χ1) is 5.91. The smallest absolute Gasteiger partial charge is 0.421 e. The first kappa shape index (κ1) is 12.2. The predicted octanol–water partition coefficient (Wildman–Crippen LogP) is -0.0247. The number of carbonyl (C=O) groups is 1. The summed E-state index contributed by atoms with van der Waals surface area (Å²) < 4.78 is 30.1. The average Bonchev–Trinajstić information content (AvgIpc) is 2.02. The summed E-state index contributed by atoms with van der Waals surface area (Å²) in [6, 6.07) is -0.220. The highest BCUT2D eigenvalue weighted by Gasteiger charge is 2.15. The lowest BCUT2D eigenvalue weighted by atomic mass is 10.3. The number of amides is 1. The molecule has 0 fully saturated rings. The number of ether oxygens (including phenoxy) is 1.